The molecule has 12 heteroatoms. The predicted molar refractivity (Wildman–Crippen MR) is 129 cm³/mol. The van der Waals surface area contributed by atoms with Gasteiger partial charge < -0.3 is 26.8 Å². The molecule has 1 aromatic carbocycles. The molecule has 1 atom stereocenters. The van der Waals surface area contributed by atoms with Crippen LogP contribution in [-0.2, 0) is 16.1 Å². The number of rotatable bonds is 12. The normalized spacial score (nSPS) is 11.8. The monoisotopic (exact) mass is 483 g/mol. The Hall–Kier alpha value is -4.35. The van der Waals surface area contributed by atoms with Gasteiger partial charge in [0.2, 0.25) is 0 Å². The quantitative estimate of drug-likeness (QED) is 0.218. The SMILES string of the molecule is CNC(=O)c1nc(CNc2ccc(C(=O)NC(CCC(=O)C(C)C)C(=O)O)cc2)cnc1N=CN. The molecule has 2 aromatic rings. The van der Waals surface area contributed by atoms with Crippen molar-refractivity contribution in [3.63, 3.8) is 0 Å². The number of aliphatic carboxylic acids is 1. The lowest BCUT2D eigenvalue weighted by atomic mass is 10.0. The molecule has 0 bridgehead atoms. The van der Waals surface area contributed by atoms with Crippen LogP contribution >= 0.6 is 0 Å². The lowest BCUT2D eigenvalue weighted by Crippen LogP contribution is -2.41. The van der Waals surface area contributed by atoms with Crippen LogP contribution in [0.2, 0.25) is 0 Å². The maximum atomic E-state index is 12.5. The van der Waals surface area contributed by atoms with E-state index in [0.717, 1.165) is 6.34 Å². The minimum atomic E-state index is -1.20. The first-order valence-electron chi connectivity index (χ1n) is 10.9. The summed E-state index contributed by atoms with van der Waals surface area (Å²) < 4.78 is 0. The molecule has 35 heavy (non-hydrogen) atoms. The van der Waals surface area contributed by atoms with Crippen molar-refractivity contribution in [1.82, 2.24) is 20.6 Å². The van der Waals surface area contributed by atoms with Gasteiger partial charge >= 0.3 is 5.97 Å². The van der Waals surface area contributed by atoms with Gasteiger partial charge in [-0.15, -0.1) is 0 Å². The van der Waals surface area contributed by atoms with E-state index in [1.54, 1.807) is 26.0 Å². The number of aliphatic imine (C=N–C) groups is 1. The van der Waals surface area contributed by atoms with Crippen LogP contribution in [0.1, 0.15) is 53.2 Å². The first kappa shape index (κ1) is 26.9. The number of nitrogens with one attached hydrogen (secondary N) is 3. The first-order valence-corrected chi connectivity index (χ1v) is 10.9. The summed E-state index contributed by atoms with van der Waals surface area (Å²) in [5, 5.41) is 17.4. The van der Waals surface area contributed by atoms with Crippen LogP contribution in [0.15, 0.2) is 35.5 Å². The Morgan fingerprint density at radius 3 is 2.40 bits per heavy atom. The van der Waals surface area contributed by atoms with Crippen molar-refractivity contribution in [2.24, 2.45) is 16.6 Å². The van der Waals surface area contributed by atoms with Gasteiger partial charge in [0, 0.05) is 30.6 Å². The second-order valence-corrected chi connectivity index (χ2v) is 7.85. The van der Waals surface area contributed by atoms with Crippen molar-refractivity contribution in [3.05, 3.63) is 47.4 Å². The third-order valence-corrected chi connectivity index (χ3v) is 4.99. The molecule has 0 radical (unpaired) electrons. The number of aromatic nitrogens is 2. The Kier molecular flexibility index (Phi) is 9.82. The minimum Gasteiger partial charge on any atom is -0.480 e. The van der Waals surface area contributed by atoms with Crippen molar-refractivity contribution in [3.8, 4) is 0 Å². The Morgan fingerprint density at radius 1 is 1.14 bits per heavy atom. The van der Waals surface area contributed by atoms with Crippen LogP contribution in [0.25, 0.3) is 0 Å². The summed E-state index contributed by atoms with van der Waals surface area (Å²) >= 11 is 0. The molecular weight excluding hydrogens is 454 g/mol. The fourth-order valence-corrected chi connectivity index (χ4v) is 2.95. The van der Waals surface area contributed by atoms with E-state index in [1.165, 1.54) is 25.4 Å². The highest BCUT2D eigenvalue weighted by atomic mass is 16.4. The van der Waals surface area contributed by atoms with Gasteiger partial charge in [-0.3, -0.25) is 14.4 Å². The van der Waals surface area contributed by atoms with E-state index in [0.29, 0.717) is 11.4 Å². The highest BCUT2D eigenvalue weighted by Gasteiger charge is 2.22. The van der Waals surface area contributed by atoms with Gasteiger partial charge in [-0.1, -0.05) is 13.8 Å². The number of amides is 2. The molecule has 0 saturated carbocycles. The second-order valence-electron chi connectivity index (χ2n) is 7.85. The van der Waals surface area contributed by atoms with Crippen molar-refractivity contribution >= 4 is 41.4 Å². The van der Waals surface area contributed by atoms with Crippen LogP contribution < -0.4 is 21.7 Å². The molecule has 0 spiro atoms. The highest BCUT2D eigenvalue weighted by molar-refractivity contribution is 5.97. The van der Waals surface area contributed by atoms with E-state index in [2.05, 4.69) is 30.9 Å². The number of benzene rings is 1. The summed E-state index contributed by atoms with van der Waals surface area (Å²) in [6.45, 7) is 3.72. The number of nitrogens with zero attached hydrogens (tertiary/aromatic N) is 3. The van der Waals surface area contributed by atoms with E-state index in [9.17, 15) is 24.3 Å². The fourth-order valence-electron chi connectivity index (χ4n) is 2.95. The topological polar surface area (TPSA) is 189 Å². The van der Waals surface area contributed by atoms with E-state index in [-0.39, 0.29) is 48.2 Å². The summed E-state index contributed by atoms with van der Waals surface area (Å²) in [4.78, 5) is 60.0. The number of carboxylic acid groups (broad SMARTS) is 1. The molecule has 0 aliphatic rings. The molecule has 1 aromatic heterocycles. The van der Waals surface area contributed by atoms with Crippen LogP contribution in [0.3, 0.4) is 0 Å². The minimum absolute atomic E-state index is 0.0200. The zero-order valence-electron chi connectivity index (χ0n) is 19.7. The van der Waals surface area contributed by atoms with E-state index in [1.807, 2.05) is 0 Å². The Labute approximate surface area is 202 Å². The summed E-state index contributed by atoms with van der Waals surface area (Å²) in [5.74, 6) is -2.37. The number of hydrogen-bond donors (Lipinski definition) is 5. The van der Waals surface area contributed by atoms with Crippen molar-refractivity contribution in [2.45, 2.75) is 39.3 Å². The summed E-state index contributed by atoms with van der Waals surface area (Å²) in [5.41, 5.74) is 6.71. The number of anilines is 1. The molecule has 1 heterocycles. The maximum absolute atomic E-state index is 12.5. The van der Waals surface area contributed by atoms with Crippen LogP contribution in [0.4, 0.5) is 11.5 Å². The zero-order valence-corrected chi connectivity index (χ0v) is 19.7. The molecule has 0 aliphatic heterocycles. The average Bonchev–Trinajstić information content (AvgIpc) is 2.85. The van der Waals surface area contributed by atoms with Gasteiger partial charge in [-0.25, -0.2) is 19.8 Å². The molecule has 6 N–H and O–H groups in total. The lowest BCUT2D eigenvalue weighted by Gasteiger charge is -2.15. The number of Topliss-reactive ketones (excluding diaryl/α,β-unsaturated/α-hetero) is 1. The molecule has 12 nitrogen and oxygen atoms in total. The Morgan fingerprint density at radius 2 is 1.83 bits per heavy atom. The number of nitrogens with two attached hydrogens (primary N) is 1. The first-order chi connectivity index (χ1) is 16.7. The molecule has 0 aliphatic carbocycles. The van der Waals surface area contributed by atoms with Crippen molar-refractivity contribution < 1.29 is 24.3 Å². The smallest absolute Gasteiger partial charge is 0.326 e. The standard InChI is InChI=1S/C23H29N7O5/c1-13(2)18(31)9-8-17(23(34)35)30-21(32)14-4-6-15(7-5-14)26-10-16-11-27-20(28-12-24)19(29-16)22(33)25-3/h4-7,11-13,17,26H,8-10H2,1-3H3,(H,25,33)(H,30,32)(H,34,35)(H2,24,27,28). The maximum Gasteiger partial charge on any atom is 0.326 e. The third-order valence-electron chi connectivity index (χ3n) is 4.99. The number of carbonyl (C=O) groups excluding carboxylic acids is 3. The van der Waals surface area contributed by atoms with Crippen LogP contribution in [0.5, 0.6) is 0 Å². The van der Waals surface area contributed by atoms with Gasteiger partial charge in [-0.2, -0.15) is 0 Å². The molecule has 186 valence electrons. The predicted octanol–water partition coefficient (Wildman–Crippen LogP) is 1.26. The molecule has 0 saturated heterocycles. The van der Waals surface area contributed by atoms with E-state index >= 15 is 0 Å². The van der Waals surface area contributed by atoms with Gasteiger partial charge in [0.25, 0.3) is 11.8 Å². The zero-order chi connectivity index (χ0) is 26.0. The van der Waals surface area contributed by atoms with Crippen molar-refractivity contribution in [2.75, 3.05) is 12.4 Å². The molecule has 0 fully saturated rings. The van der Waals surface area contributed by atoms with Crippen LogP contribution in [0, 0.1) is 5.92 Å². The second kappa shape index (κ2) is 12.8. The number of ketones is 1. The molecule has 2 amide bonds. The fraction of sp³-hybridized carbons (Fsp3) is 0.348. The van der Waals surface area contributed by atoms with E-state index in [4.69, 9.17) is 5.73 Å². The summed E-state index contributed by atoms with van der Waals surface area (Å²) in [6, 6.07) is 5.20. The van der Waals surface area contributed by atoms with Crippen LogP contribution in [-0.4, -0.2) is 58.1 Å². The van der Waals surface area contributed by atoms with Gasteiger partial charge in [0.05, 0.1) is 24.8 Å². The largest absolute Gasteiger partial charge is 0.480 e. The summed E-state index contributed by atoms with van der Waals surface area (Å²) in [7, 11) is 1.46. The van der Waals surface area contributed by atoms with Gasteiger partial charge in [-0.05, 0) is 30.7 Å². The van der Waals surface area contributed by atoms with Crippen molar-refractivity contribution in [1.29, 1.82) is 0 Å². The molecular formula is C23H29N7O5. The Balaban J connectivity index is 2.01. The lowest BCUT2D eigenvalue weighted by molar-refractivity contribution is -0.139. The molecule has 1 unspecified atom stereocenters. The number of carboxylic acids is 1. The Bertz CT molecular complexity index is 1100. The van der Waals surface area contributed by atoms with E-state index < -0.39 is 23.8 Å². The van der Waals surface area contributed by atoms with Gasteiger partial charge in [0.1, 0.15) is 11.8 Å². The number of hydrogen-bond acceptors (Lipinski definition) is 8. The van der Waals surface area contributed by atoms with Gasteiger partial charge in [0.15, 0.2) is 11.5 Å². The highest BCUT2D eigenvalue weighted by Crippen LogP contribution is 2.15. The summed E-state index contributed by atoms with van der Waals surface area (Å²) in [6.07, 6.45) is 2.57. The third kappa shape index (κ3) is 7.88. The molecule has 2 rings (SSSR count). The average molecular weight is 484 g/mol. The number of carbonyl (C=O) groups is 4.